The van der Waals surface area contributed by atoms with E-state index < -0.39 is 8.07 Å². The Morgan fingerprint density at radius 1 is 0.413 bits per heavy atom. The molecule has 0 radical (unpaired) electrons. The summed E-state index contributed by atoms with van der Waals surface area (Å²) in [5.41, 5.74) is 8.42. The van der Waals surface area contributed by atoms with Crippen molar-refractivity contribution in [3.05, 3.63) is 225 Å². The standard InChI is InChI=1S/C56H35N5Si.Pt/c1-4-16-38(17-5-1)60-51-28-13-11-25-48(51)53-52(60)32-31-46-47-26-15-33-57-56(47)61(54(46)53)39-18-14-23-42(36-39)62(40-19-6-2-7-20-40,41-21-8-3-9-22-41)43-29-30-44-45-24-10-12-27-50(45)59-35-34-58-55(59)49(44)37-43;/h1-35H;/q-2;+2. The van der Waals surface area contributed by atoms with Crippen molar-refractivity contribution in [1.29, 1.82) is 0 Å². The van der Waals surface area contributed by atoms with Gasteiger partial charge in [0.1, 0.15) is 13.7 Å². The predicted octanol–water partition coefficient (Wildman–Crippen LogP) is 10.2. The Balaban J connectivity index is 0.00000421. The van der Waals surface area contributed by atoms with Crippen LogP contribution in [-0.2, 0) is 21.1 Å². The summed E-state index contributed by atoms with van der Waals surface area (Å²) in [5.74, 6) is 0. The first-order valence-electron chi connectivity index (χ1n) is 21.0. The van der Waals surface area contributed by atoms with Gasteiger partial charge in [0.05, 0.1) is 22.2 Å². The van der Waals surface area contributed by atoms with Gasteiger partial charge >= 0.3 is 21.1 Å². The van der Waals surface area contributed by atoms with Crippen molar-refractivity contribution in [3.63, 3.8) is 0 Å². The number of hydrogen-bond donors (Lipinski definition) is 0. The number of imidazole rings is 1. The zero-order chi connectivity index (χ0) is 40.8. The normalized spacial score (nSPS) is 12.0. The average Bonchev–Trinajstić information content (AvgIpc) is 4.07. The van der Waals surface area contributed by atoms with Gasteiger partial charge in [-0.05, 0) is 58.2 Å². The summed E-state index contributed by atoms with van der Waals surface area (Å²) in [7, 11) is -3.15. The van der Waals surface area contributed by atoms with Crippen LogP contribution in [0.5, 0.6) is 0 Å². The SMILES string of the molecule is [Pt+2].[c-]1c(-n2c3ncccc3c3ccc4c(c5ccccc5n4-c4ccccc4)c32)cccc1[Si](c1[c-]c2c(cc1)c1ccccc1n1ccnc21)(c1ccccc1)c1ccccc1. The Hall–Kier alpha value is -7.37. The van der Waals surface area contributed by atoms with E-state index in [0.29, 0.717) is 0 Å². The summed E-state index contributed by atoms with van der Waals surface area (Å²) in [5, 5.41) is 12.7. The molecule has 13 aromatic rings. The van der Waals surface area contributed by atoms with Gasteiger partial charge in [0.15, 0.2) is 0 Å². The molecule has 0 amide bonds. The molecule has 0 atom stereocenters. The quantitative estimate of drug-likeness (QED) is 0.0721. The van der Waals surface area contributed by atoms with Crippen molar-refractivity contribution in [2.24, 2.45) is 0 Å². The first-order valence-corrected chi connectivity index (χ1v) is 23.0. The van der Waals surface area contributed by atoms with Crippen LogP contribution in [0, 0.1) is 12.1 Å². The van der Waals surface area contributed by atoms with E-state index in [1.807, 2.05) is 18.5 Å². The fraction of sp³-hybridized carbons (Fsp3) is 0. The zero-order valence-corrected chi connectivity index (χ0v) is 37.0. The van der Waals surface area contributed by atoms with E-state index >= 15 is 0 Å². The monoisotopic (exact) mass is 1000 g/mol. The number of aromatic nitrogens is 5. The number of fused-ring (bicyclic) bond motifs is 13. The van der Waals surface area contributed by atoms with E-state index in [0.717, 1.165) is 76.7 Å². The molecule has 8 aromatic carbocycles. The second-order valence-corrected chi connectivity index (χ2v) is 19.7. The first kappa shape index (κ1) is 37.4. The van der Waals surface area contributed by atoms with E-state index in [1.165, 1.54) is 26.5 Å². The van der Waals surface area contributed by atoms with Crippen LogP contribution in [0.4, 0.5) is 0 Å². The molecule has 5 heterocycles. The van der Waals surface area contributed by atoms with E-state index in [2.05, 4.69) is 220 Å². The summed E-state index contributed by atoms with van der Waals surface area (Å²) in [6, 6.07) is 78.5. The topological polar surface area (TPSA) is 40.0 Å². The largest absolute Gasteiger partial charge is 2.00 e. The van der Waals surface area contributed by atoms with Crippen LogP contribution in [0.25, 0.3) is 82.4 Å². The van der Waals surface area contributed by atoms with Crippen molar-refractivity contribution in [3.8, 4) is 11.4 Å². The maximum absolute atomic E-state index is 5.13. The van der Waals surface area contributed by atoms with E-state index in [4.69, 9.17) is 9.97 Å². The number of nitrogens with zero attached hydrogens (tertiary/aromatic N) is 5. The molecule has 5 nitrogen and oxygen atoms in total. The van der Waals surface area contributed by atoms with Gasteiger partial charge in [-0.15, -0.1) is 34.8 Å². The van der Waals surface area contributed by atoms with E-state index in [1.54, 1.807) is 0 Å². The fourth-order valence-corrected chi connectivity index (χ4v) is 14.9. The maximum atomic E-state index is 5.13. The number of hydrogen-bond acceptors (Lipinski definition) is 2. The third kappa shape index (κ3) is 5.38. The van der Waals surface area contributed by atoms with Gasteiger partial charge in [-0.25, -0.2) is 4.98 Å². The summed E-state index contributed by atoms with van der Waals surface area (Å²) in [6.07, 6.45) is 5.86. The van der Waals surface area contributed by atoms with E-state index in [-0.39, 0.29) is 21.1 Å². The van der Waals surface area contributed by atoms with Gasteiger partial charge < -0.3 is 13.5 Å². The Bertz CT molecular complexity index is 3830. The Morgan fingerprint density at radius 2 is 1.05 bits per heavy atom. The molecular formula is C56H35N5PtSi. The minimum Gasteiger partial charge on any atom is -0.340 e. The number of para-hydroxylation sites is 3. The molecule has 0 spiro atoms. The van der Waals surface area contributed by atoms with Gasteiger partial charge in [-0.1, -0.05) is 132 Å². The number of benzene rings is 8. The molecule has 0 aliphatic rings. The molecule has 0 aliphatic carbocycles. The third-order valence-corrected chi connectivity index (χ3v) is 17.4. The van der Waals surface area contributed by atoms with Gasteiger partial charge in [0, 0.05) is 51.3 Å². The Kier molecular flexibility index (Phi) is 8.68. The second-order valence-electron chi connectivity index (χ2n) is 16.0. The molecule has 0 bridgehead atoms. The van der Waals surface area contributed by atoms with Gasteiger partial charge in [0.2, 0.25) is 0 Å². The Labute approximate surface area is 378 Å². The average molecular weight is 1000 g/mol. The molecule has 63 heavy (non-hydrogen) atoms. The summed E-state index contributed by atoms with van der Waals surface area (Å²) in [6.45, 7) is 0. The molecular weight excluding hydrogens is 966 g/mol. The molecule has 7 heteroatoms. The molecule has 13 rings (SSSR count). The van der Waals surface area contributed by atoms with Crippen LogP contribution in [0.2, 0.25) is 0 Å². The van der Waals surface area contributed by atoms with Crippen LogP contribution in [0.15, 0.2) is 213 Å². The van der Waals surface area contributed by atoms with Crippen LogP contribution in [0.1, 0.15) is 0 Å². The number of pyridine rings is 2. The Morgan fingerprint density at radius 3 is 1.83 bits per heavy atom. The van der Waals surface area contributed by atoms with Crippen molar-refractivity contribution in [2.75, 3.05) is 0 Å². The molecule has 0 saturated carbocycles. The molecule has 0 aliphatic heterocycles. The summed E-state index contributed by atoms with van der Waals surface area (Å²) < 4.78 is 6.94. The minimum absolute atomic E-state index is 0. The molecule has 298 valence electrons. The van der Waals surface area contributed by atoms with Crippen molar-refractivity contribution in [1.82, 2.24) is 23.5 Å². The van der Waals surface area contributed by atoms with Crippen LogP contribution >= 0.6 is 0 Å². The van der Waals surface area contributed by atoms with Crippen molar-refractivity contribution in [2.45, 2.75) is 0 Å². The third-order valence-electron chi connectivity index (χ3n) is 12.8. The first-order chi connectivity index (χ1) is 30.8. The molecule has 5 aromatic heterocycles. The van der Waals surface area contributed by atoms with Crippen LogP contribution in [-0.4, -0.2) is 31.6 Å². The number of rotatable bonds is 6. The van der Waals surface area contributed by atoms with Crippen LogP contribution < -0.4 is 20.7 Å². The molecule has 0 saturated heterocycles. The molecule has 0 N–H and O–H groups in total. The van der Waals surface area contributed by atoms with E-state index in [9.17, 15) is 0 Å². The maximum Gasteiger partial charge on any atom is 2.00 e. The smallest absolute Gasteiger partial charge is 0.340 e. The van der Waals surface area contributed by atoms with Crippen molar-refractivity contribution < 1.29 is 21.1 Å². The van der Waals surface area contributed by atoms with Gasteiger partial charge in [-0.2, -0.15) is 23.4 Å². The zero-order valence-electron chi connectivity index (χ0n) is 33.8. The van der Waals surface area contributed by atoms with Crippen LogP contribution in [0.3, 0.4) is 0 Å². The fourth-order valence-electron chi connectivity index (χ4n) is 10.3. The predicted molar refractivity (Wildman–Crippen MR) is 258 cm³/mol. The molecule has 0 unspecified atom stereocenters. The molecule has 0 fully saturated rings. The van der Waals surface area contributed by atoms with Crippen molar-refractivity contribution >= 4 is 99.9 Å². The van der Waals surface area contributed by atoms with Gasteiger partial charge in [0.25, 0.3) is 0 Å². The summed E-state index contributed by atoms with van der Waals surface area (Å²) in [4.78, 5) is 10.1. The van der Waals surface area contributed by atoms with Gasteiger partial charge in [-0.3, -0.25) is 4.98 Å². The minimum atomic E-state index is -3.15. The summed E-state index contributed by atoms with van der Waals surface area (Å²) >= 11 is 0. The second kappa shape index (κ2) is 14.6.